The number of carboxylic acid groups (broad SMARTS) is 1. The van der Waals surface area contributed by atoms with Crippen LogP contribution in [0.2, 0.25) is 0 Å². The topological polar surface area (TPSA) is 95.5 Å². The number of nitrogens with one attached hydrogen (secondary N) is 2. The van der Waals surface area contributed by atoms with E-state index in [4.69, 9.17) is 5.11 Å². The number of hydrogen-bond acceptors (Lipinski definition) is 4. The highest BCUT2D eigenvalue weighted by molar-refractivity contribution is 7.17. The summed E-state index contributed by atoms with van der Waals surface area (Å²) in [6.45, 7) is 2.19. The van der Waals surface area contributed by atoms with Crippen LogP contribution in [0.25, 0.3) is 0 Å². The maximum Gasteiger partial charge on any atom is 0.303 e. The summed E-state index contributed by atoms with van der Waals surface area (Å²) < 4.78 is 0. The molecule has 6 nitrogen and oxygen atoms in total. The largest absolute Gasteiger partial charge is 0.481 e. The summed E-state index contributed by atoms with van der Waals surface area (Å²) in [5, 5.41) is 15.4. The number of carboxylic acids is 1. The molecule has 0 aliphatic heterocycles. The Hall–Kier alpha value is -1.89. The Morgan fingerprint density at radius 1 is 1.11 bits per heavy atom. The smallest absolute Gasteiger partial charge is 0.303 e. The summed E-state index contributed by atoms with van der Waals surface area (Å²) in [5.41, 5.74) is 1.69. The third-order valence-corrected chi connectivity index (χ3v) is 7.10. The van der Waals surface area contributed by atoms with Crippen LogP contribution in [0.5, 0.6) is 0 Å². The van der Waals surface area contributed by atoms with Crippen molar-refractivity contribution in [3.05, 3.63) is 16.0 Å². The minimum absolute atomic E-state index is 0.0842. The summed E-state index contributed by atoms with van der Waals surface area (Å²) in [4.78, 5) is 37.3. The Bertz CT molecular complexity index is 737. The van der Waals surface area contributed by atoms with E-state index in [2.05, 4.69) is 17.6 Å². The second-order valence-electron chi connectivity index (χ2n) is 7.98. The van der Waals surface area contributed by atoms with E-state index in [1.165, 1.54) is 22.6 Å². The molecule has 1 aromatic heterocycles. The summed E-state index contributed by atoms with van der Waals surface area (Å²) in [6.07, 6.45) is 9.23. The molecule has 2 aliphatic rings. The van der Waals surface area contributed by atoms with Gasteiger partial charge in [-0.2, -0.15) is 0 Å². The minimum Gasteiger partial charge on any atom is -0.481 e. The third-order valence-electron chi connectivity index (χ3n) is 5.93. The maximum absolute atomic E-state index is 13.1. The van der Waals surface area contributed by atoms with Gasteiger partial charge in [-0.3, -0.25) is 14.4 Å². The molecular weight excluding hydrogens is 376 g/mol. The fraction of sp³-hybridized carbons (Fsp3) is 0.667. The number of anilines is 1. The molecule has 1 aromatic rings. The molecule has 0 unspecified atom stereocenters. The summed E-state index contributed by atoms with van der Waals surface area (Å²) in [5.74, 6) is -0.815. The average molecular weight is 407 g/mol. The lowest BCUT2D eigenvalue weighted by Crippen LogP contribution is -2.37. The molecule has 2 amide bonds. The van der Waals surface area contributed by atoms with Crippen molar-refractivity contribution in [2.24, 2.45) is 5.92 Å². The fourth-order valence-electron chi connectivity index (χ4n) is 4.25. The molecule has 28 heavy (non-hydrogen) atoms. The predicted molar refractivity (Wildman–Crippen MR) is 110 cm³/mol. The standard InChI is InChI=1S/C21H30N2O4S/c1-2-13-8-9-15-16(12-13)28-21(23-17(24)10-11-18(25)26)19(15)20(27)22-14-6-4-3-5-7-14/h13-14H,2-12H2,1H3,(H,22,27)(H,23,24)(H,25,26)/t13-/m0/s1. The average Bonchev–Trinajstić information content (AvgIpc) is 3.03. The Morgan fingerprint density at radius 3 is 2.54 bits per heavy atom. The van der Waals surface area contributed by atoms with E-state index >= 15 is 0 Å². The van der Waals surface area contributed by atoms with Gasteiger partial charge < -0.3 is 15.7 Å². The molecule has 1 fully saturated rings. The molecule has 0 radical (unpaired) electrons. The van der Waals surface area contributed by atoms with E-state index in [0.29, 0.717) is 16.5 Å². The quantitative estimate of drug-likeness (QED) is 0.634. The first kappa shape index (κ1) is 20.8. The summed E-state index contributed by atoms with van der Waals surface area (Å²) in [7, 11) is 0. The molecule has 1 heterocycles. The second kappa shape index (κ2) is 9.54. The number of carbonyl (C=O) groups is 3. The van der Waals surface area contributed by atoms with E-state index in [-0.39, 0.29) is 30.7 Å². The number of carbonyl (C=O) groups excluding carboxylic acids is 2. The lowest BCUT2D eigenvalue weighted by molar-refractivity contribution is -0.138. The van der Waals surface area contributed by atoms with Gasteiger partial charge in [0.1, 0.15) is 5.00 Å². The third kappa shape index (κ3) is 5.13. The highest BCUT2D eigenvalue weighted by Crippen LogP contribution is 2.40. The van der Waals surface area contributed by atoms with E-state index in [1.807, 2.05) is 0 Å². The predicted octanol–water partition coefficient (Wildman–Crippen LogP) is 4.13. The summed E-state index contributed by atoms with van der Waals surface area (Å²) >= 11 is 1.49. The molecule has 2 aliphatic carbocycles. The maximum atomic E-state index is 13.1. The van der Waals surface area contributed by atoms with Crippen LogP contribution in [0.4, 0.5) is 5.00 Å². The second-order valence-corrected chi connectivity index (χ2v) is 9.08. The van der Waals surface area contributed by atoms with Crippen molar-refractivity contribution in [1.29, 1.82) is 0 Å². The van der Waals surface area contributed by atoms with Crippen LogP contribution in [0.15, 0.2) is 0 Å². The molecule has 1 atom stereocenters. The van der Waals surface area contributed by atoms with Crippen molar-refractivity contribution in [1.82, 2.24) is 5.32 Å². The van der Waals surface area contributed by atoms with E-state index in [1.54, 1.807) is 0 Å². The molecule has 0 saturated heterocycles. The number of thiophene rings is 1. The number of rotatable bonds is 7. The van der Waals surface area contributed by atoms with Crippen LogP contribution < -0.4 is 10.6 Å². The molecule has 3 N–H and O–H groups in total. The lowest BCUT2D eigenvalue weighted by Gasteiger charge is -2.24. The van der Waals surface area contributed by atoms with Crippen molar-refractivity contribution >= 4 is 34.1 Å². The molecule has 0 spiro atoms. The van der Waals surface area contributed by atoms with Crippen molar-refractivity contribution in [2.75, 3.05) is 5.32 Å². The van der Waals surface area contributed by atoms with Gasteiger partial charge in [-0.05, 0) is 43.6 Å². The van der Waals surface area contributed by atoms with Crippen molar-refractivity contribution < 1.29 is 19.5 Å². The van der Waals surface area contributed by atoms with Gasteiger partial charge in [0.05, 0.1) is 12.0 Å². The Morgan fingerprint density at radius 2 is 1.86 bits per heavy atom. The van der Waals surface area contributed by atoms with Gasteiger partial charge in [-0.15, -0.1) is 11.3 Å². The van der Waals surface area contributed by atoms with Crippen LogP contribution in [-0.2, 0) is 22.4 Å². The van der Waals surface area contributed by atoms with Crippen molar-refractivity contribution in [2.45, 2.75) is 83.6 Å². The van der Waals surface area contributed by atoms with Gasteiger partial charge in [-0.1, -0.05) is 32.6 Å². The van der Waals surface area contributed by atoms with Gasteiger partial charge in [0.15, 0.2) is 0 Å². The van der Waals surface area contributed by atoms with E-state index in [0.717, 1.165) is 56.9 Å². The first-order valence-corrected chi connectivity index (χ1v) is 11.3. The zero-order valence-corrected chi connectivity index (χ0v) is 17.3. The number of fused-ring (bicyclic) bond motifs is 1. The number of aliphatic carboxylic acids is 1. The molecular formula is C21H30N2O4S. The molecule has 1 saturated carbocycles. The Labute approximate surface area is 170 Å². The zero-order chi connectivity index (χ0) is 20.1. The van der Waals surface area contributed by atoms with Crippen molar-refractivity contribution in [3.8, 4) is 0 Å². The van der Waals surface area contributed by atoms with Crippen LogP contribution in [0.3, 0.4) is 0 Å². The van der Waals surface area contributed by atoms with Gasteiger partial charge >= 0.3 is 5.97 Å². The van der Waals surface area contributed by atoms with E-state index < -0.39 is 5.97 Å². The number of hydrogen-bond donors (Lipinski definition) is 3. The normalized spacial score (nSPS) is 19.7. The van der Waals surface area contributed by atoms with Gasteiger partial charge in [0.25, 0.3) is 5.91 Å². The van der Waals surface area contributed by atoms with Crippen molar-refractivity contribution in [3.63, 3.8) is 0 Å². The lowest BCUT2D eigenvalue weighted by atomic mass is 9.85. The van der Waals surface area contributed by atoms with Crippen LogP contribution in [0, 0.1) is 5.92 Å². The van der Waals surface area contributed by atoms with Crippen LogP contribution >= 0.6 is 11.3 Å². The fourth-order valence-corrected chi connectivity index (χ4v) is 5.62. The van der Waals surface area contributed by atoms with Gasteiger partial charge in [-0.25, -0.2) is 0 Å². The molecule has 154 valence electrons. The monoisotopic (exact) mass is 406 g/mol. The van der Waals surface area contributed by atoms with Gasteiger partial charge in [0, 0.05) is 17.3 Å². The highest BCUT2D eigenvalue weighted by Gasteiger charge is 2.30. The molecule has 3 rings (SSSR count). The minimum atomic E-state index is -0.998. The molecule has 7 heteroatoms. The zero-order valence-electron chi connectivity index (χ0n) is 16.5. The first-order valence-electron chi connectivity index (χ1n) is 10.4. The highest BCUT2D eigenvalue weighted by atomic mass is 32.1. The van der Waals surface area contributed by atoms with Gasteiger partial charge in [0.2, 0.25) is 5.91 Å². The van der Waals surface area contributed by atoms with E-state index in [9.17, 15) is 14.4 Å². The number of amides is 2. The summed E-state index contributed by atoms with van der Waals surface area (Å²) in [6, 6.07) is 0.208. The Kier molecular flexibility index (Phi) is 7.10. The SMILES string of the molecule is CC[C@H]1CCc2c(sc(NC(=O)CCC(=O)O)c2C(=O)NC2CCCCC2)C1. The molecule has 0 aromatic carbocycles. The Balaban J connectivity index is 1.80. The van der Waals surface area contributed by atoms with Crippen LogP contribution in [0.1, 0.15) is 85.5 Å². The molecule has 0 bridgehead atoms. The van der Waals surface area contributed by atoms with Crippen LogP contribution in [-0.4, -0.2) is 28.9 Å². The first-order chi connectivity index (χ1) is 13.5.